The smallest absolute Gasteiger partial charge is 0.129 e. The first kappa shape index (κ1) is 38.1. The van der Waals surface area contributed by atoms with Crippen molar-refractivity contribution in [1.82, 2.24) is 4.98 Å². The summed E-state index contributed by atoms with van der Waals surface area (Å²) in [5, 5.41) is 9.83. The minimum Gasteiger partial charge on any atom is -0.657 e. The van der Waals surface area contributed by atoms with E-state index in [1.165, 1.54) is 38.7 Å². The van der Waals surface area contributed by atoms with E-state index in [9.17, 15) is 0 Å². The fourth-order valence-corrected chi connectivity index (χ4v) is 6.54. The molecule has 1 radical (unpaired) electrons. The first-order valence-electron chi connectivity index (χ1n) is 18.0. The van der Waals surface area contributed by atoms with Crippen LogP contribution in [0.4, 0.5) is 11.4 Å². The first-order chi connectivity index (χ1) is 23.7. The Kier molecular flexibility index (Phi) is 11.4. The molecule has 0 saturated carbocycles. The molecular weight excluding hydrogens is 806 g/mol. The van der Waals surface area contributed by atoms with Crippen molar-refractivity contribution in [3.05, 3.63) is 150 Å². The summed E-state index contributed by atoms with van der Waals surface area (Å²) in [5.74, 6) is 1.74. The maximum absolute atomic E-state index is 5.25. The van der Waals surface area contributed by atoms with Gasteiger partial charge in [-0.15, -0.1) is 17.7 Å². The Morgan fingerprint density at radius 1 is 0.588 bits per heavy atom. The molecule has 1 aliphatic heterocycles. The molecule has 0 N–H and O–H groups in total. The zero-order valence-corrected chi connectivity index (χ0v) is 34.0. The Hall–Kier alpha value is -4.09. The van der Waals surface area contributed by atoms with Gasteiger partial charge in [-0.25, -0.2) is 0 Å². The van der Waals surface area contributed by atoms with Crippen LogP contribution in [0.25, 0.3) is 21.8 Å². The fraction of sp³-hybridized carbons (Fsp3) is 0.304. The Balaban J connectivity index is 0.000000298. The van der Waals surface area contributed by atoms with Crippen molar-refractivity contribution < 1.29 is 22.4 Å². The number of amidine groups is 1. The van der Waals surface area contributed by atoms with E-state index in [0.717, 1.165) is 28.1 Å². The van der Waals surface area contributed by atoms with Gasteiger partial charge in [0, 0.05) is 39.3 Å². The van der Waals surface area contributed by atoms with E-state index in [-0.39, 0.29) is 33.2 Å². The Morgan fingerprint density at radius 2 is 1.06 bits per heavy atom. The number of benzene rings is 5. The van der Waals surface area contributed by atoms with Crippen molar-refractivity contribution in [2.24, 2.45) is 5.10 Å². The Labute approximate surface area is 321 Å². The van der Waals surface area contributed by atoms with Crippen LogP contribution in [0.5, 0.6) is 0 Å². The minimum absolute atomic E-state index is 0. The molecule has 6 aromatic rings. The zero-order chi connectivity index (χ0) is 35.8. The van der Waals surface area contributed by atoms with Crippen LogP contribution in [0.15, 0.2) is 120 Å². The average molecular weight is 858 g/mol. The van der Waals surface area contributed by atoms with Gasteiger partial charge in [0.25, 0.3) is 0 Å². The van der Waals surface area contributed by atoms with Crippen molar-refractivity contribution in [2.75, 3.05) is 9.91 Å². The van der Waals surface area contributed by atoms with E-state index in [4.69, 9.17) is 5.10 Å². The molecule has 0 aliphatic carbocycles. The number of nitrogens with zero attached hydrogens (tertiary/aromatic N) is 4. The second kappa shape index (κ2) is 15.3. The molecule has 269 valence electrons. The molecule has 0 spiro atoms. The molecule has 0 saturated heterocycles. The minimum atomic E-state index is 0. The second-order valence-corrected chi connectivity index (χ2v) is 16.1. The maximum Gasteiger partial charge on any atom is 0.129 e. The molecule has 1 aliphatic rings. The first-order valence-corrected chi connectivity index (χ1v) is 18.0. The monoisotopic (exact) mass is 857 g/mol. The average Bonchev–Trinajstić information content (AvgIpc) is 3.70. The summed E-state index contributed by atoms with van der Waals surface area (Å²) in [4.78, 5) is 6.84. The van der Waals surface area contributed by atoms with E-state index in [2.05, 4.69) is 194 Å². The van der Waals surface area contributed by atoms with Crippen molar-refractivity contribution in [1.29, 1.82) is 0 Å². The molecule has 51 heavy (non-hydrogen) atoms. The number of aromatic nitrogens is 1. The second-order valence-electron chi connectivity index (χ2n) is 16.1. The molecule has 0 fully saturated rings. The Morgan fingerprint density at radius 3 is 1.53 bits per heavy atom. The van der Waals surface area contributed by atoms with Crippen LogP contribution in [0.2, 0.25) is 0 Å². The van der Waals surface area contributed by atoms with Crippen molar-refractivity contribution in [3.8, 4) is 0 Å². The zero-order valence-electron chi connectivity index (χ0n) is 31.8. The third-order valence-corrected chi connectivity index (χ3v) is 9.52. The fourth-order valence-electron chi connectivity index (χ4n) is 6.54. The number of hydrazone groups is 1. The third-order valence-electron chi connectivity index (χ3n) is 9.52. The largest absolute Gasteiger partial charge is 0.657 e. The summed E-state index contributed by atoms with van der Waals surface area (Å²) in [6, 6.07) is 40.7. The van der Waals surface area contributed by atoms with Gasteiger partial charge in [0.1, 0.15) is 5.84 Å². The normalized spacial score (nSPS) is 13.5. The number of hydrogen-bond donors (Lipinski definition) is 0. The third kappa shape index (κ3) is 8.20. The van der Waals surface area contributed by atoms with Crippen LogP contribution in [0.3, 0.4) is 0 Å². The molecule has 5 heteroatoms. The summed E-state index contributed by atoms with van der Waals surface area (Å²) in [7, 11) is 0. The molecule has 0 unspecified atom stereocenters. The maximum atomic E-state index is 5.25. The summed E-state index contributed by atoms with van der Waals surface area (Å²) in [6.07, 6.45) is 0. The van der Waals surface area contributed by atoms with E-state index in [1.807, 2.05) is 12.1 Å². The molecule has 0 amide bonds. The van der Waals surface area contributed by atoms with Crippen LogP contribution in [0.1, 0.15) is 109 Å². The SMILES string of the molecule is CC(C)c1cccc(C(C)C)c1N1[CH-]N(c2cc(C(C)(C)C)cc(C(C)(C)C)c2)N=C1c1ccccc1.[Au].c1ccc2c(c1)[n-]c1ccccc12. The predicted molar refractivity (Wildman–Crippen MR) is 215 cm³/mol. The molecule has 0 atom stereocenters. The van der Waals surface area contributed by atoms with Crippen molar-refractivity contribution in [3.63, 3.8) is 0 Å². The van der Waals surface area contributed by atoms with Crippen LogP contribution < -0.4 is 14.9 Å². The van der Waals surface area contributed by atoms with Crippen LogP contribution in [0, 0.1) is 6.67 Å². The van der Waals surface area contributed by atoms with Gasteiger partial charge >= 0.3 is 0 Å². The van der Waals surface area contributed by atoms with Crippen molar-refractivity contribution >= 4 is 39.0 Å². The molecule has 0 bridgehead atoms. The van der Waals surface area contributed by atoms with Gasteiger partial charge in [-0.1, -0.05) is 172 Å². The van der Waals surface area contributed by atoms with E-state index >= 15 is 0 Å². The van der Waals surface area contributed by atoms with Gasteiger partial charge in [0.05, 0.1) is 0 Å². The van der Waals surface area contributed by atoms with E-state index in [1.54, 1.807) is 0 Å². The van der Waals surface area contributed by atoms with Gasteiger partial charge in [0.2, 0.25) is 0 Å². The van der Waals surface area contributed by atoms with Crippen LogP contribution in [-0.2, 0) is 33.2 Å². The standard InChI is InChI=1S/C34H44N3.C12H8N.Au/c1-23(2)29-17-14-18-30(24(3)4)31(29)36-22-37(35-32(36)25-15-12-11-13-16-25)28-20-26(33(5,6)7)19-27(21-28)34(8,9)10;1-3-7-11-9(5-1)10-6-2-4-8-12(10)13-11;/h11-24H,1-10H3;1-8H;/q2*-1;. The molecule has 4 nitrogen and oxygen atoms in total. The van der Waals surface area contributed by atoms with Crippen LogP contribution in [-0.4, -0.2) is 5.84 Å². The van der Waals surface area contributed by atoms with Gasteiger partial charge in [0.15, 0.2) is 0 Å². The Bertz CT molecular complexity index is 2020. The summed E-state index contributed by atoms with van der Waals surface area (Å²) < 4.78 is 0. The number of anilines is 2. The molecule has 5 aromatic carbocycles. The molecule has 2 heterocycles. The van der Waals surface area contributed by atoms with Crippen molar-refractivity contribution in [2.45, 2.75) is 91.9 Å². The summed E-state index contributed by atoms with van der Waals surface area (Å²) in [6.45, 7) is 25.0. The molecular formula is C46H52AuN4-2. The van der Waals surface area contributed by atoms with E-state index in [0.29, 0.717) is 11.8 Å². The molecule has 1 aromatic heterocycles. The van der Waals surface area contributed by atoms with Gasteiger partial charge in [-0.3, -0.25) is 0 Å². The number of fused-ring (bicyclic) bond motifs is 3. The number of para-hydroxylation sites is 3. The van der Waals surface area contributed by atoms with Gasteiger partial charge in [-0.2, -0.15) is 5.10 Å². The van der Waals surface area contributed by atoms with Gasteiger partial charge in [-0.05, 0) is 67.8 Å². The summed E-state index contributed by atoms with van der Waals surface area (Å²) >= 11 is 0. The predicted octanol–water partition coefficient (Wildman–Crippen LogP) is 12.3. The van der Waals surface area contributed by atoms with Gasteiger partial charge < -0.3 is 14.9 Å². The quantitative estimate of drug-likeness (QED) is 0.128. The summed E-state index contributed by atoms with van der Waals surface area (Å²) in [5.41, 5.74) is 11.0. The molecule has 7 rings (SSSR count). The number of hydrogen-bond acceptors (Lipinski definition) is 3. The number of rotatable bonds is 5. The topological polar surface area (TPSA) is 32.9 Å². The van der Waals surface area contributed by atoms with E-state index < -0.39 is 0 Å². The van der Waals surface area contributed by atoms with Crippen LogP contribution >= 0.6 is 0 Å².